The number of piperidine rings is 1. The van der Waals surface area contributed by atoms with Crippen LogP contribution in [0.4, 0.5) is 0 Å². The number of thiazole rings is 1. The molecule has 0 N–H and O–H groups in total. The first kappa shape index (κ1) is 17.0. The number of nitrogens with zero attached hydrogens (tertiary/aromatic N) is 4. The van der Waals surface area contributed by atoms with Crippen LogP contribution in [0.5, 0.6) is 0 Å². The summed E-state index contributed by atoms with van der Waals surface area (Å²) in [6.45, 7) is 4.87. The Morgan fingerprint density at radius 3 is 2.36 bits per heavy atom. The molecule has 0 radical (unpaired) electrons. The maximum Gasteiger partial charge on any atom is 0.274 e. The van der Waals surface area contributed by atoms with Gasteiger partial charge in [0, 0.05) is 31.2 Å². The van der Waals surface area contributed by atoms with Gasteiger partial charge in [0.2, 0.25) is 0 Å². The Bertz CT molecular complexity index is 708. The van der Waals surface area contributed by atoms with E-state index in [2.05, 4.69) is 20.9 Å². The van der Waals surface area contributed by atoms with E-state index in [0.29, 0.717) is 5.69 Å². The monoisotopic (exact) mass is 360 g/mol. The zero-order chi connectivity index (χ0) is 17.1. The lowest BCUT2D eigenvalue weighted by atomic mass is 10.1. The minimum absolute atomic E-state index is 0.143. The number of hydrogen-bond acceptors (Lipinski definition) is 4. The summed E-state index contributed by atoms with van der Waals surface area (Å²) in [5.74, 6) is 0.143. The molecule has 2 aliphatic rings. The van der Waals surface area contributed by atoms with E-state index in [-0.39, 0.29) is 5.91 Å². The standard InChI is InChI=1S/C19H28N4OS/c24-18(22-11-7-2-1-3-8-12-22)17-16(15-21-9-5-4-6-10-21)23-13-14-25-19(23)20-17/h13-14H,1-12,15H2. The van der Waals surface area contributed by atoms with Crippen molar-refractivity contribution >= 4 is 22.2 Å². The van der Waals surface area contributed by atoms with Crippen LogP contribution >= 0.6 is 11.3 Å². The van der Waals surface area contributed by atoms with Crippen molar-refractivity contribution in [1.29, 1.82) is 0 Å². The summed E-state index contributed by atoms with van der Waals surface area (Å²) in [4.78, 5) is 23.4. The lowest BCUT2D eigenvalue weighted by Gasteiger charge is -2.27. The molecule has 6 heteroatoms. The second kappa shape index (κ2) is 7.87. The van der Waals surface area contributed by atoms with Gasteiger partial charge in [-0.25, -0.2) is 4.98 Å². The van der Waals surface area contributed by atoms with E-state index in [1.54, 1.807) is 11.3 Å². The van der Waals surface area contributed by atoms with Gasteiger partial charge in [0.25, 0.3) is 5.91 Å². The fourth-order valence-electron chi connectivity index (χ4n) is 4.08. The maximum absolute atomic E-state index is 13.2. The Hall–Kier alpha value is -1.40. The van der Waals surface area contributed by atoms with Gasteiger partial charge in [-0.05, 0) is 38.8 Å². The van der Waals surface area contributed by atoms with Gasteiger partial charge in [-0.3, -0.25) is 14.1 Å². The normalized spacial score (nSPS) is 20.6. The lowest BCUT2D eigenvalue weighted by Crippen LogP contribution is -2.36. The highest BCUT2D eigenvalue weighted by atomic mass is 32.1. The summed E-state index contributed by atoms with van der Waals surface area (Å²) in [6, 6.07) is 0. The fourth-order valence-corrected chi connectivity index (χ4v) is 4.82. The Balaban J connectivity index is 1.59. The number of carbonyl (C=O) groups is 1. The summed E-state index contributed by atoms with van der Waals surface area (Å²) in [6.07, 6.45) is 12.0. The molecule has 4 rings (SSSR count). The molecule has 25 heavy (non-hydrogen) atoms. The van der Waals surface area contributed by atoms with E-state index in [9.17, 15) is 4.79 Å². The Labute approximate surface area is 153 Å². The number of amides is 1. The van der Waals surface area contributed by atoms with Crippen molar-refractivity contribution in [2.24, 2.45) is 0 Å². The number of carbonyl (C=O) groups excluding carboxylic acids is 1. The van der Waals surface area contributed by atoms with Crippen LogP contribution in [0.3, 0.4) is 0 Å². The molecule has 0 saturated carbocycles. The van der Waals surface area contributed by atoms with Crippen LogP contribution in [0.25, 0.3) is 4.96 Å². The van der Waals surface area contributed by atoms with E-state index in [4.69, 9.17) is 4.98 Å². The van der Waals surface area contributed by atoms with E-state index in [0.717, 1.165) is 56.2 Å². The third kappa shape index (κ3) is 3.75. The average molecular weight is 361 g/mol. The van der Waals surface area contributed by atoms with Crippen molar-refractivity contribution in [3.05, 3.63) is 23.0 Å². The highest BCUT2D eigenvalue weighted by Gasteiger charge is 2.26. The molecule has 2 aromatic rings. The van der Waals surface area contributed by atoms with Crippen molar-refractivity contribution < 1.29 is 4.79 Å². The van der Waals surface area contributed by atoms with Crippen LogP contribution in [0, 0.1) is 0 Å². The van der Waals surface area contributed by atoms with Crippen molar-refractivity contribution in [3.8, 4) is 0 Å². The van der Waals surface area contributed by atoms with Gasteiger partial charge < -0.3 is 4.90 Å². The maximum atomic E-state index is 13.2. The second-order valence-corrected chi connectivity index (χ2v) is 8.23. The molecular weight excluding hydrogens is 332 g/mol. The molecule has 0 spiro atoms. The zero-order valence-corrected chi connectivity index (χ0v) is 15.8. The first-order chi connectivity index (χ1) is 12.3. The third-order valence-electron chi connectivity index (χ3n) is 5.53. The highest BCUT2D eigenvalue weighted by molar-refractivity contribution is 7.15. The van der Waals surface area contributed by atoms with Gasteiger partial charge in [-0.2, -0.15) is 0 Å². The first-order valence-electron chi connectivity index (χ1n) is 9.79. The van der Waals surface area contributed by atoms with Gasteiger partial charge in [-0.1, -0.05) is 25.7 Å². The summed E-state index contributed by atoms with van der Waals surface area (Å²) < 4.78 is 2.14. The molecular formula is C19H28N4OS. The Kier molecular flexibility index (Phi) is 5.36. The number of aromatic nitrogens is 2. The van der Waals surface area contributed by atoms with E-state index in [1.807, 2.05) is 4.90 Å². The smallest absolute Gasteiger partial charge is 0.274 e. The first-order valence-corrected chi connectivity index (χ1v) is 10.7. The summed E-state index contributed by atoms with van der Waals surface area (Å²) in [5, 5.41) is 2.06. The molecule has 2 aliphatic heterocycles. The van der Waals surface area contributed by atoms with Crippen molar-refractivity contribution in [3.63, 3.8) is 0 Å². The molecule has 2 fully saturated rings. The molecule has 4 heterocycles. The number of imidazole rings is 1. The van der Waals surface area contributed by atoms with Crippen LogP contribution in [0.1, 0.15) is 67.5 Å². The van der Waals surface area contributed by atoms with E-state index in [1.165, 1.54) is 38.5 Å². The predicted octanol–water partition coefficient (Wildman–Crippen LogP) is 3.79. The van der Waals surface area contributed by atoms with Gasteiger partial charge in [-0.15, -0.1) is 11.3 Å². The number of likely N-dealkylation sites (tertiary alicyclic amines) is 2. The number of rotatable bonds is 3. The van der Waals surface area contributed by atoms with Crippen molar-refractivity contribution in [2.45, 2.75) is 57.9 Å². The minimum atomic E-state index is 0.143. The highest BCUT2D eigenvalue weighted by Crippen LogP contribution is 2.23. The summed E-state index contributed by atoms with van der Waals surface area (Å²) in [7, 11) is 0. The van der Waals surface area contributed by atoms with Crippen LogP contribution in [-0.4, -0.2) is 51.3 Å². The van der Waals surface area contributed by atoms with Crippen molar-refractivity contribution in [1.82, 2.24) is 19.2 Å². The molecule has 5 nitrogen and oxygen atoms in total. The quantitative estimate of drug-likeness (QED) is 0.836. The molecule has 136 valence electrons. The minimum Gasteiger partial charge on any atom is -0.337 e. The molecule has 0 atom stereocenters. The molecule has 0 aromatic carbocycles. The average Bonchev–Trinajstić information content (AvgIpc) is 3.18. The fraction of sp³-hybridized carbons (Fsp3) is 0.684. The van der Waals surface area contributed by atoms with E-state index < -0.39 is 0 Å². The van der Waals surface area contributed by atoms with Crippen LogP contribution in [-0.2, 0) is 6.54 Å². The largest absolute Gasteiger partial charge is 0.337 e. The van der Waals surface area contributed by atoms with E-state index >= 15 is 0 Å². The molecule has 2 saturated heterocycles. The molecule has 2 aromatic heterocycles. The second-order valence-electron chi connectivity index (χ2n) is 7.36. The lowest BCUT2D eigenvalue weighted by molar-refractivity contribution is 0.0734. The molecule has 0 unspecified atom stereocenters. The van der Waals surface area contributed by atoms with Gasteiger partial charge in [0.15, 0.2) is 10.7 Å². The molecule has 0 aliphatic carbocycles. The number of hydrogen-bond donors (Lipinski definition) is 0. The molecule has 1 amide bonds. The summed E-state index contributed by atoms with van der Waals surface area (Å²) in [5.41, 5.74) is 1.78. The van der Waals surface area contributed by atoms with Gasteiger partial charge >= 0.3 is 0 Å². The van der Waals surface area contributed by atoms with Gasteiger partial charge in [0.05, 0.1) is 5.69 Å². The summed E-state index contributed by atoms with van der Waals surface area (Å²) >= 11 is 1.62. The van der Waals surface area contributed by atoms with Gasteiger partial charge in [0.1, 0.15) is 0 Å². The van der Waals surface area contributed by atoms with Crippen LogP contribution < -0.4 is 0 Å². The van der Waals surface area contributed by atoms with Crippen molar-refractivity contribution in [2.75, 3.05) is 26.2 Å². The topological polar surface area (TPSA) is 40.9 Å². The van der Waals surface area contributed by atoms with Crippen LogP contribution in [0.15, 0.2) is 11.6 Å². The van der Waals surface area contributed by atoms with Crippen LogP contribution in [0.2, 0.25) is 0 Å². The predicted molar refractivity (Wildman–Crippen MR) is 101 cm³/mol. The Morgan fingerprint density at radius 1 is 0.960 bits per heavy atom. The SMILES string of the molecule is O=C(c1nc2sccn2c1CN1CCCCC1)N1CCCCCCC1. The third-order valence-corrected chi connectivity index (χ3v) is 6.29. The zero-order valence-electron chi connectivity index (χ0n) is 15.0. The molecule has 0 bridgehead atoms. The number of fused-ring (bicyclic) bond motifs is 1. The Morgan fingerprint density at radius 2 is 1.60 bits per heavy atom.